The van der Waals surface area contributed by atoms with Crippen molar-refractivity contribution in [2.24, 2.45) is 0 Å². The fourth-order valence-electron chi connectivity index (χ4n) is 7.98. The van der Waals surface area contributed by atoms with E-state index in [1.54, 1.807) is 0 Å². The average molecular weight is 685 g/mol. The third kappa shape index (κ3) is 4.98. The summed E-state index contributed by atoms with van der Waals surface area (Å²) in [5.74, 6) is 0.904. The van der Waals surface area contributed by atoms with Gasteiger partial charge >= 0.3 is 0 Å². The Bertz CT molecular complexity index is 2880. The van der Waals surface area contributed by atoms with Crippen LogP contribution in [0.3, 0.4) is 0 Å². The molecule has 2 heteroatoms. The molecule has 0 radical (unpaired) electrons. The molecule has 1 aliphatic heterocycles. The summed E-state index contributed by atoms with van der Waals surface area (Å²) in [5, 5.41) is 10.2. The largest absolute Gasteiger partial charge is 0.135 e. The zero-order valence-corrected chi connectivity index (χ0v) is 29.5. The number of fused-ring (bicyclic) bond motifs is 8. The molecule has 0 unspecified atom stereocenters. The molecule has 0 saturated heterocycles. The molecule has 10 rings (SSSR count). The van der Waals surface area contributed by atoms with E-state index in [9.17, 15) is 0 Å². The number of benzene rings is 8. The van der Waals surface area contributed by atoms with Gasteiger partial charge in [0.25, 0.3) is 0 Å². The van der Waals surface area contributed by atoms with Crippen LogP contribution in [0.1, 0.15) is 5.56 Å². The van der Waals surface area contributed by atoms with Crippen molar-refractivity contribution in [2.75, 3.05) is 5.75 Å². The number of thiophene rings is 1. The maximum atomic E-state index is 4.71. The number of rotatable bonds is 3. The second-order valence-electron chi connectivity index (χ2n) is 13.2. The van der Waals surface area contributed by atoms with Crippen LogP contribution in [0.4, 0.5) is 0 Å². The first-order valence-electron chi connectivity index (χ1n) is 17.4. The van der Waals surface area contributed by atoms with E-state index in [0.717, 1.165) is 11.3 Å². The van der Waals surface area contributed by atoms with Crippen LogP contribution < -0.4 is 0 Å². The predicted octanol–water partition coefficient (Wildman–Crippen LogP) is 14.7. The second-order valence-corrected chi connectivity index (χ2v) is 15.3. The minimum absolute atomic E-state index is 0.904. The van der Waals surface area contributed by atoms with Crippen LogP contribution in [-0.4, -0.2) is 5.75 Å². The van der Waals surface area contributed by atoms with E-state index in [1.165, 1.54) is 96.3 Å². The molecule has 0 bridgehead atoms. The summed E-state index contributed by atoms with van der Waals surface area (Å²) < 4.78 is 2.64. The summed E-state index contributed by atoms with van der Waals surface area (Å²) in [4.78, 5) is 1.32. The highest BCUT2D eigenvalue weighted by molar-refractivity contribution is 7.99. The topological polar surface area (TPSA) is 0 Å². The Labute approximate surface area is 305 Å². The standard InChI is InChI=1S/C49H32S2/c1-31-14-3-2-12-27-50-49-45(31)42(30-44-48(49)41-23-10-11-24-43(41)51-44)47-39-21-8-6-19-37(39)46(38-20-7-9-22-40(38)47)36-18-13-17-34(29-36)35-26-25-32-15-4-5-16-33(32)28-35/h2-26,28-30H,1,27H2/b12-2-,14-3-. The van der Waals surface area contributed by atoms with Gasteiger partial charge in [-0.15, -0.1) is 23.1 Å². The Kier molecular flexibility index (Phi) is 7.27. The third-order valence-corrected chi connectivity index (χ3v) is 12.4. The predicted molar refractivity (Wildman–Crippen MR) is 226 cm³/mol. The van der Waals surface area contributed by atoms with Crippen LogP contribution in [0.5, 0.6) is 0 Å². The summed E-state index contributed by atoms with van der Waals surface area (Å²) in [6.07, 6.45) is 8.72. The van der Waals surface area contributed by atoms with E-state index in [1.807, 2.05) is 23.1 Å². The molecule has 0 fully saturated rings. The van der Waals surface area contributed by atoms with Crippen LogP contribution in [-0.2, 0) is 0 Å². The Balaban J connectivity index is 1.28. The lowest BCUT2D eigenvalue weighted by Crippen LogP contribution is -1.96. The first-order valence-corrected chi connectivity index (χ1v) is 19.2. The van der Waals surface area contributed by atoms with Crippen LogP contribution in [0, 0.1) is 0 Å². The van der Waals surface area contributed by atoms with Crippen LogP contribution in [0.15, 0.2) is 181 Å². The molecule has 0 nitrogen and oxygen atoms in total. The van der Waals surface area contributed by atoms with Crippen molar-refractivity contribution in [3.8, 4) is 33.4 Å². The van der Waals surface area contributed by atoms with Gasteiger partial charge in [-0.25, -0.2) is 0 Å². The smallest absolute Gasteiger partial charge is 0.0373 e. The highest BCUT2D eigenvalue weighted by Crippen LogP contribution is 2.51. The van der Waals surface area contributed by atoms with Crippen molar-refractivity contribution in [3.63, 3.8) is 0 Å². The van der Waals surface area contributed by atoms with Crippen molar-refractivity contribution in [2.45, 2.75) is 4.90 Å². The number of thioether (sulfide) groups is 1. The van der Waals surface area contributed by atoms with Gasteiger partial charge in [0.15, 0.2) is 0 Å². The summed E-state index contributed by atoms with van der Waals surface area (Å²) in [5.41, 5.74) is 9.73. The van der Waals surface area contributed by atoms with Crippen LogP contribution in [0.2, 0.25) is 0 Å². The zero-order valence-electron chi connectivity index (χ0n) is 27.9. The molecule has 0 spiro atoms. The van der Waals surface area contributed by atoms with Gasteiger partial charge in [-0.05, 0) is 95.5 Å². The zero-order chi connectivity index (χ0) is 33.9. The van der Waals surface area contributed by atoms with Gasteiger partial charge in [-0.2, -0.15) is 0 Å². The number of hydrogen-bond donors (Lipinski definition) is 0. The molecule has 0 aliphatic carbocycles. The van der Waals surface area contributed by atoms with Crippen LogP contribution >= 0.6 is 23.1 Å². The molecular weight excluding hydrogens is 653 g/mol. The minimum Gasteiger partial charge on any atom is -0.135 e. The Hall–Kier alpha value is -5.67. The van der Waals surface area contributed by atoms with Crippen molar-refractivity contribution in [3.05, 3.63) is 182 Å². The Morgan fingerprint density at radius 2 is 1.12 bits per heavy atom. The first-order chi connectivity index (χ1) is 25.2. The van der Waals surface area contributed by atoms with Gasteiger partial charge in [0, 0.05) is 36.4 Å². The molecule has 2 heterocycles. The Morgan fingerprint density at radius 1 is 0.471 bits per heavy atom. The third-order valence-electron chi connectivity index (χ3n) is 10.2. The van der Waals surface area contributed by atoms with Gasteiger partial charge in [0.1, 0.15) is 0 Å². The van der Waals surface area contributed by atoms with E-state index in [2.05, 4.69) is 170 Å². The molecule has 9 aromatic rings. The monoisotopic (exact) mass is 684 g/mol. The lowest BCUT2D eigenvalue weighted by atomic mass is 9.83. The second kappa shape index (κ2) is 12.3. The SMILES string of the molecule is C=C1/C=C\C=C/CSc2c1c(-c1c3ccccc3c(-c3cccc(-c4ccc5ccccc5c4)c3)c3ccccc13)cc1sc3ccccc3c21. The fourth-order valence-corrected chi connectivity index (χ4v) is 10.3. The summed E-state index contributed by atoms with van der Waals surface area (Å²) in [6.45, 7) is 4.71. The van der Waals surface area contributed by atoms with E-state index in [0.29, 0.717) is 0 Å². The highest BCUT2D eigenvalue weighted by atomic mass is 32.2. The maximum Gasteiger partial charge on any atom is 0.0373 e. The van der Waals surface area contributed by atoms with Gasteiger partial charge in [-0.1, -0.05) is 152 Å². The molecule has 240 valence electrons. The molecular formula is C49H32S2. The molecule has 0 N–H and O–H groups in total. The van der Waals surface area contributed by atoms with Crippen LogP contribution in [0.25, 0.3) is 91.4 Å². The van der Waals surface area contributed by atoms with Gasteiger partial charge < -0.3 is 0 Å². The number of hydrogen-bond acceptors (Lipinski definition) is 2. The normalized spacial score (nSPS) is 14.5. The fraction of sp³-hybridized carbons (Fsp3) is 0.0204. The van der Waals surface area contributed by atoms with E-state index in [4.69, 9.17) is 6.58 Å². The number of allylic oxidation sites excluding steroid dienone is 4. The maximum absolute atomic E-state index is 4.71. The Morgan fingerprint density at radius 3 is 1.90 bits per heavy atom. The van der Waals surface area contributed by atoms with Gasteiger partial charge in [0.2, 0.25) is 0 Å². The van der Waals surface area contributed by atoms with Crippen molar-refractivity contribution < 1.29 is 0 Å². The highest BCUT2D eigenvalue weighted by Gasteiger charge is 2.24. The van der Waals surface area contributed by atoms with Gasteiger partial charge in [0.05, 0.1) is 0 Å². The molecule has 0 amide bonds. The first kappa shape index (κ1) is 30.2. The molecule has 0 saturated carbocycles. The van der Waals surface area contributed by atoms with E-state index >= 15 is 0 Å². The molecule has 1 aromatic heterocycles. The van der Waals surface area contributed by atoms with E-state index in [-0.39, 0.29) is 0 Å². The van der Waals surface area contributed by atoms with Crippen molar-refractivity contribution >= 4 is 81.2 Å². The average Bonchev–Trinajstić information content (AvgIpc) is 3.59. The summed E-state index contributed by atoms with van der Waals surface area (Å²) >= 11 is 3.82. The summed E-state index contributed by atoms with van der Waals surface area (Å²) in [6, 6.07) is 53.8. The molecule has 1 aliphatic rings. The van der Waals surface area contributed by atoms with Gasteiger partial charge in [-0.3, -0.25) is 0 Å². The lowest BCUT2D eigenvalue weighted by Gasteiger charge is -2.22. The summed E-state index contributed by atoms with van der Waals surface area (Å²) in [7, 11) is 0. The quantitative estimate of drug-likeness (QED) is 0.167. The molecule has 0 atom stereocenters. The van der Waals surface area contributed by atoms with Crippen molar-refractivity contribution in [1.29, 1.82) is 0 Å². The molecule has 51 heavy (non-hydrogen) atoms. The lowest BCUT2D eigenvalue weighted by molar-refractivity contribution is 1.49. The minimum atomic E-state index is 0.904. The van der Waals surface area contributed by atoms with Crippen molar-refractivity contribution in [1.82, 2.24) is 0 Å². The molecule has 8 aromatic carbocycles. The van der Waals surface area contributed by atoms with E-state index < -0.39 is 0 Å².